The number of carboxylic acid groups (broad SMARTS) is 1. The maximum absolute atomic E-state index is 13.5. The molecule has 188 valence electrons. The minimum Gasteiger partial charge on any atom is -0.481 e. The number of carbonyl (C=O) groups excluding carboxylic acids is 3. The third-order valence-corrected chi connectivity index (χ3v) is 6.56. The van der Waals surface area contributed by atoms with Gasteiger partial charge in [0.25, 0.3) is 0 Å². The molecule has 2 N–H and O–H groups in total. The molecule has 0 spiro atoms. The Hall–Kier alpha value is -3.58. The largest absolute Gasteiger partial charge is 0.481 e. The van der Waals surface area contributed by atoms with E-state index in [0.29, 0.717) is 12.8 Å². The van der Waals surface area contributed by atoms with E-state index < -0.39 is 24.2 Å². The number of hydrazine groups is 1. The first-order valence-electron chi connectivity index (χ1n) is 11.9. The molecule has 10 nitrogen and oxygen atoms in total. The van der Waals surface area contributed by atoms with Crippen LogP contribution < -0.4 is 5.32 Å². The maximum Gasteiger partial charge on any atom is 0.334 e. The van der Waals surface area contributed by atoms with Crippen molar-refractivity contribution in [1.82, 2.24) is 25.1 Å². The van der Waals surface area contributed by atoms with E-state index in [1.807, 2.05) is 44.2 Å². The Morgan fingerprint density at radius 1 is 1.20 bits per heavy atom. The van der Waals surface area contributed by atoms with Crippen molar-refractivity contribution in [2.45, 2.75) is 64.3 Å². The second-order valence-corrected chi connectivity index (χ2v) is 8.71. The van der Waals surface area contributed by atoms with Gasteiger partial charge in [0.2, 0.25) is 11.8 Å². The summed E-state index contributed by atoms with van der Waals surface area (Å²) >= 11 is 0. The molecule has 2 heterocycles. The smallest absolute Gasteiger partial charge is 0.334 e. The van der Waals surface area contributed by atoms with E-state index in [1.165, 1.54) is 14.9 Å². The summed E-state index contributed by atoms with van der Waals surface area (Å²) in [5, 5.41) is 15.1. The summed E-state index contributed by atoms with van der Waals surface area (Å²) in [5.74, 6) is 0.818. The first kappa shape index (κ1) is 26.0. The third-order valence-electron chi connectivity index (χ3n) is 6.56. The molecule has 4 amide bonds. The zero-order valence-corrected chi connectivity index (χ0v) is 20.2. The first-order valence-corrected chi connectivity index (χ1v) is 11.9. The van der Waals surface area contributed by atoms with E-state index >= 15 is 0 Å². The van der Waals surface area contributed by atoms with Gasteiger partial charge in [-0.25, -0.2) is 9.80 Å². The lowest BCUT2D eigenvalue weighted by Gasteiger charge is -2.55. The number of hydrogen-bond acceptors (Lipinski definition) is 5. The summed E-state index contributed by atoms with van der Waals surface area (Å²) in [5.41, 5.74) is 0.908. The van der Waals surface area contributed by atoms with Crippen LogP contribution in [0.2, 0.25) is 0 Å². The van der Waals surface area contributed by atoms with Crippen LogP contribution in [0.1, 0.15) is 45.1 Å². The average molecular weight is 484 g/mol. The van der Waals surface area contributed by atoms with Gasteiger partial charge < -0.3 is 20.2 Å². The Balaban J connectivity index is 1.96. The molecule has 0 radical (unpaired) electrons. The quantitative estimate of drug-likeness (QED) is 0.515. The van der Waals surface area contributed by atoms with Crippen LogP contribution in [0, 0.1) is 12.3 Å². The van der Waals surface area contributed by atoms with Crippen LogP contribution >= 0.6 is 0 Å². The molecule has 2 aliphatic rings. The normalized spacial score (nSPS) is 20.6. The number of aliphatic carboxylic acids is 1. The number of nitrogens with one attached hydrogen (secondary N) is 1. The lowest BCUT2D eigenvalue weighted by atomic mass is 9.98. The van der Waals surface area contributed by atoms with Crippen molar-refractivity contribution in [2.75, 3.05) is 19.6 Å². The fraction of sp³-hybridized carbons (Fsp3) is 0.520. The Kier molecular flexibility index (Phi) is 8.71. The van der Waals surface area contributed by atoms with Crippen molar-refractivity contribution in [3.8, 4) is 12.3 Å². The number of fused-ring (bicyclic) bond motifs is 1. The number of piperazine rings is 1. The third kappa shape index (κ3) is 5.74. The number of terminal acetylenes is 1. The van der Waals surface area contributed by atoms with Gasteiger partial charge in [0.05, 0.1) is 19.6 Å². The molecular weight excluding hydrogens is 450 g/mol. The predicted molar refractivity (Wildman–Crippen MR) is 128 cm³/mol. The number of carbonyl (C=O) groups is 4. The van der Waals surface area contributed by atoms with Gasteiger partial charge in [-0.05, 0) is 24.8 Å². The van der Waals surface area contributed by atoms with E-state index in [1.54, 1.807) is 4.90 Å². The summed E-state index contributed by atoms with van der Waals surface area (Å²) in [6.45, 7) is 4.20. The Bertz CT molecular complexity index is 974. The molecule has 2 fully saturated rings. The fourth-order valence-corrected chi connectivity index (χ4v) is 4.85. The lowest BCUT2D eigenvalue weighted by molar-refractivity contribution is -0.191. The topological polar surface area (TPSA) is 114 Å². The van der Waals surface area contributed by atoms with Crippen LogP contribution in [0.5, 0.6) is 0 Å². The molecule has 2 aliphatic heterocycles. The van der Waals surface area contributed by atoms with Gasteiger partial charge in [0.15, 0.2) is 0 Å². The first-order chi connectivity index (χ1) is 16.8. The van der Waals surface area contributed by atoms with E-state index in [-0.39, 0.29) is 56.9 Å². The number of amides is 4. The van der Waals surface area contributed by atoms with Crippen molar-refractivity contribution in [3.63, 3.8) is 0 Å². The van der Waals surface area contributed by atoms with Crippen LogP contribution in [0.15, 0.2) is 30.3 Å². The molecule has 0 aromatic heterocycles. The van der Waals surface area contributed by atoms with Crippen molar-refractivity contribution in [1.29, 1.82) is 0 Å². The predicted octanol–water partition coefficient (Wildman–Crippen LogP) is 1.48. The number of nitrogens with zero attached hydrogens (tertiary/aromatic N) is 4. The Labute approximate surface area is 205 Å². The van der Waals surface area contributed by atoms with Gasteiger partial charge in [0.1, 0.15) is 12.2 Å². The van der Waals surface area contributed by atoms with E-state index in [2.05, 4.69) is 11.2 Å². The molecule has 0 unspecified atom stereocenters. The van der Waals surface area contributed by atoms with Crippen molar-refractivity contribution >= 4 is 23.8 Å². The summed E-state index contributed by atoms with van der Waals surface area (Å²) in [7, 11) is 0. The highest BCUT2D eigenvalue weighted by Gasteiger charge is 2.52. The summed E-state index contributed by atoms with van der Waals surface area (Å²) < 4.78 is 0. The number of benzene rings is 1. The number of urea groups is 1. The molecular formula is C25H33N5O5. The van der Waals surface area contributed by atoms with E-state index in [4.69, 9.17) is 6.42 Å². The number of rotatable bonds is 9. The highest BCUT2D eigenvalue weighted by Crippen LogP contribution is 2.30. The Morgan fingerprint density at radius 3 is 2.49 bits per heavy atom. The van der Waals surface area contributed by atoms with Gasteiger partial charge >= 0.3 is 12.0 Å². The van der Waals surface area contributed by atoms with Crippen LogP contribution in [0.4, 0.5) is 4.79 Å². The molecule has 10 heteroatoms. The second kappa shape index (κ2) is 11.7. The fourth-order valence-electron chi connectivity index (χ4n) is 4.85. The molecule has 0 bridgehead atoms. The van der Waals surface area contributed by atoms with Gasteiger partial charge in [-0.1, -0.05) is 50.1 Å². The molecule has 2 saturated heterocycles. The molecule has 1 aromatic carbocycles. The highest BCUT2D eigenvalue weighted by atomic mass is 16.4. The van der Waals surface area contributed by atoms with Crippen molar-refractivity contribution < 1.29 is 24.3 Å². The van der Waals surface area contributed by atoms with Crippen LogP contribution in [0.3, 0.4) is 0 Å². The van der Waals surface area contributed by atoms with Gasteiger partial charge in [-0.15, -0.1) is 6.42 Å². The standard InChI is InChI=1S/C25H33N5O5/c1-4-14-27-17-22(31)29-20(12-13-23(32)33)24(34)28(19(5-2)6-3)16-21(29)30(27)25(35)26-15-18-10-8-7-9-11-18/h1,7-11,19-21H,5-6,12-17H2,2-3H3,(H,26,35)(H,32,33)/t20-,21-/m0/s1. The molecule has 3 rings (SSSR count). The molecule has 2 atom stereocenters. The zero-order valence-electron chi connectivity index (χ0n) is 20.2. The minimum atomic E-state index is -1.05. The zero-order chi connectivity index (χ0) is 25.5. The lowest BCUT2D eigenvalue weighted by Crippen LogP contribution is -2.77. The SMILES string of the molecule is C#CCN1CC(=O)N2[C@@H](CCC(=O)O)C(=O)N(C(CC)CC)C[C@@H]2N1C(=O)NCc1ccccc1. The monoisotopic (exact) mass is 483 g/mol. The molecule has 0 saturated carbocycles. The van der Waals surface area contributed by atoms with Crippen molar-refractivity contribution in [3.05, 3.63) is 35.9 Å². The minimum absolute atomic E-state index is 0.0261. The highest BCUT2D eigenvalue weighted by molar-refractivity contribution is 5.92. The number of hydrogen-bond donors (Lipinski definition) is 2. The van der Waals surface area contributed by atoms with Gasteiger partial charge in [-0.3, -0.25) is 14.4 Å². The van der Waals surface area contributed by atoms with E-state index in [0.717, 1.165) is 5.56 Å². The molecule has 1 aromatic rings. The molecule has 35 heavy (non-hydrogen) atoms. The summed E-state index contributed by atoms with van der Waals surface area (Å²) in [6, 6.07) is 7.92. The summed E-state index contributed by atoms with van der Waals surface area (Å²) in [4.78, 5) is 54.5. The van der Waals surface area contributed by atoms with Crippen LogP contribution in [-0.4, -0.2) is 86.6 Å². The van der Waals surface area contributed by atoms with Crippen molar-refractivity contribution in [2.24, 2.45) is 0 Å². The Morgan fingerprint density at radius 2 is 1.89 bits per heavy atom. The van der Waals surface area contributed by atoms with Gasteiger partial charge in [0, 0.05) is 19.0 Å². The molecule has 0 aliphatic carbocycles. The van der Waals surface area contributed by atoms with Crippen LogP contribution in [0.25, 0.3) is 0 Å². The van der Waals surface area contributed by atoms with E-state index in [9.17, 15) is 24.3 Å². The van der Waals surface area contributed by atoms with Crippen LogP contribution in [-0.2, 0) is 20.9 Å². The maximum atomic E-state index is 13.5. The van der Waals surface area contributed by atoms with Gasteiger partial charge in [-0.2, -0.15) is 5.01 Å². The summed E-state index contributed by atoms with van der Waals surface area (Å²) in [6.07, 6.45) is 5.85. The second-order valence-electron chi connectivity index (χ2n) is 8.71. The number of carboxylic acids is 1. The average Bonchev–Trinajstić information content (AvgIpc) is 2.84.